The molecule has 1 aromatic heterocycles. The van der Waals surface area contributed by atoms with E-state index in [-0.39, 0.29) is 23.5 Å². The first-order valence-electron chi connectivity index (χ1n) is 10.8. The quantitative estimate of drug-likeness (QED) is 0.700. The van der Waals surface area contributed by atoms with Crippen molar-refractivity contribution < 1.29 is 14.3 Å². The number of fused-ring (bicyclic) bond motifs is 7. The third kappa shape index (κ3) is 2.20. The third-order valence-electron chi connectivity index (χ3n) is 8.22. The summed E-state index contributed by atoms with van der Waals surface area (Å²) in [7, 11) is 0. The van der Waals surface area contributed by atoms with E-state index in [1.54, 1.807) is 0 Å². The Bertz CT molecular complexity index is 1250. The van der Waals surface area contributed by atoms with Gasteiger partial charge in [0, 0.05) is 12.0 Å². The summed E-state index contributed by atoms with van der Waals surface area (Å²) in [4.78, 5) is 23.9. The third-order valence-corrected chi connectivity index (χ3v) is 8.22. The molecule has 0 saturated heterocycles. The minimum absolute atomic E-state index is 0.0298. The molecule has 1 fully saturated rings. The van der Waals surface area contributed by atoms with E-state index in [9.17, 15) is 4.79 Å². The molecule has 6 heteroatoms. The van der Waals surface area contributed by atoms with Gasteiger partial charge in [-0.25, -0.2) is 9.97 Å². The maximum Gasteiger partial charge on any atom is 0.233 e. The Morgan fingerprint density at radius 1 is 0.968 bits per heavy atom. The predicted octanol–water partition coefficient (Wildman–Crippen LogP) is 4.00. The molecule has 2 aliphatic carbocycles. The zero-order valence-corrected chi connectivity index (χ0v) is 18.0. The van der Waals surface area contributed by atoms with Gasteiger partial charge in [-0.2, -0.15) is 0 Å². The molecule has 0 radical (unpaired) electrons. The summed E-state index contributed by atoms with van der Waals surface area (Å²) in [6.45, 7) is 7.32. The maximum absolute atomic E-state index is 13.9. The number of rotatable bonds is 3. The summed E-state index contributed by atoms with van der Waals surface area (Å²) >= 11 is 0. The number of benzene rings is 2. The number of hydrogen-bond donors (Lipinski definition) is 1. The van der Waals surface area contributed by atoms with Crippen LogP contribution in [0.1, 0.15) is 50.6 Å². The molecule has 2 atom stereocenters. The molecule has 6 nitrogen and oxygen atoms in total. The van der Waals surface area contributed by atoms with Crippen molar-refractivity contribution in [2.24, 2.45) is 5.41 Å². The zero-order valence-electron chi connectivity index (χ0n) is 18.0. The van der Waals surface area contributed by atoms with Crippen LogP contribution in [0.15, 0.2) is 42.5 Å². The Hall–Kier alpha value is -3.15. The lowest BCUT2D eigenvalue weighted by atomic mass is 9.63. The normalized spacial score (nSPS) is 26.8. The molecule has 1 aliphatic heterocycles. The van der Waals surface area contributed by atoms with Gasteiger partial charge in [0.2, 0.25) is 12.7 Å². The number of ether oxygens (including phenoxy) is 2. The van der Waals surface area contributed by atoms with Crippen LogP contribution in [0.2, 0.25) is 0 Å². The molecular formula is C25H25N3O3. The van der Waals surface area contributed by atoms with Gasteiger partial charge < -0.3 is 14.8 Å². The van der Waals surface area contributed by atoms with Gasteiger partial charge in [0.15, 0.2) is 11.5 Å². The monoisotopic (exact) mass is 415 g/mol. The topological polar surface area (TPSA) is 73.3 Å². The average Bonchev–Trinajstić information content (AvgIpc) is 3.36. The molecule has 158 valence electrons. The Morgan fingerprint density at radius 2 is 1.68 bits per heavy atom. The van der Waals surface area contributed by atoms with E-state index >= 15 is 0 Å². The van der Waals surface area contributed by atoms with Crippen molar-refractivity contribution in [1.29, 1.82) is 0 Å². The van der Waals surface area contributed by atoms with Gasteiger partial charge in [-0.1, -0.05) is 39.0 Å². The summed E-state index contributed by atoms with van der Waals surface area (Å²) in [5.74, 6) is 1.50. The van der Waals surface area contributed by atoms with E-state index in [1.165, 1.54) is 0 Å². The van der Waals surface area contributed by atoms with Crippen LogP contribution in [0.4, 0.5) is 0 Å². The molecule has 2 aromatic carbocycles. The van der Waals surface area contributed by atoms with Crippen molar-refractivity contribution in [2.45, 2.75) is 51.0 Å². The largest absolute Gasteiger partial charge is 0.454 e. The highest BCUT2D eigenvalue weighted by atomic mass is 16.7. The van der Waals surface area contributed by atoms with Crippen LogP contribution in [-0.2, 0) is 22.2 Å². The molecule has 2 heterocycles. The van der Waals surface area contributed by atoms with Crippen LogP contribution in [0.5, 0.6) is 11.5 Å². The molecule has 1 N–H and O–H groups in total. The number of amides is 1. The highest BCUT2D eigenvalue weighted by Crippen LogP contribution is 2.70. The minimum Gasteiger partial charge on any atom is -0.454 e. The van der Waals surface area contributed by atoms with Crippen LogP contribution in [-0.4, -0.2) is 22.7 Å². The molecule has 0 unspecified atom stereocenters. The Kier molecular flexibility index (Phi) is 3.58. The van der Waals surface area contributed by atoms with Crippen LogP contribution in [0.25, 0.3) is 11.0 Å². The lowest BCUT2D eigenvalue weighted by Gasteiger charge is -2.39. The van der Waals surface area contributed by atoms with Crippen LogP contribution >= 0.6 is 0 Å². The van der Waals surface area contributed by atoms with Crippen LogP contribution < -0.4 is 14.8 Å². The number of nitrogens with zero attached hydrogens (tertiary/aromatic N) is 2. The molecular weight excluding hydrogens is 390 g/mol. The Balaban J connectivity index is 1.39. The first kappa shape index (κ1) is 18.6. The Labute approximate surface area is 181 Å². The maximum atomic E-state index is 13.9. The first-order valence-corrected chi connectivity index (χ1v) is 10.8. The summed E-state index contributed by atoms with van der Waals surface area (Å²) in [5.41, 5.74) is 3.39. The fourth-order valence-corrected chi connectivity index (χ4v) is 5.93. The molecule has 6 rings (SSSR count). The van der Waals surface area contributed by atoms with Crippen LogP contribution in [0, 0.1) is 5.41 Å². The highest BCUT2D eigenvalue weighted by molar-refractivity contribution is 5.93. The van der Waals surface area contributed by atoms with Crippen molar-refractivity contribution >= 4 is 16.9 Å². The standard InChI is InChI=1S/C25H25N3O3/c1-23(2)24(3)10-11-25(23,21-20(24)27-16-6-4-5-7-17(16)28-21)22(29)26-13-15-8-9-18-19(12-15)31-14-30-18/h4-9,12H,10-11,13-14H2,1-3H3,(H,26,29)/t24-,25-/m0/s1. The lowest BCUT2D eigenvalue weighted by molar-refractivity contribution is -0.130. The predicted molar refractivity (Wildman–Crippen MR) is 116 cm³/mol. The lowest BCUT2D eigenvalue weighted by Crippen LogP contribution is -2.51. The van der Waals surface area contributed by atoms with Gasteiger partial charge in [0.05, 0.1) is 27.8 Å². The highest BCUT2D eigenvalue weighted by Gasteiger charge is 2.73. The van der Waals surface area contributed by atoms with Gasteiger partial charge in [0.25, 0.3) is 0 Å². The molecule has 1 saturated carbocycles. The van der Waals surface area contributed by atoms with Gasteiger partial charge in [-0.3, -0.25) is 4.79 Å². The van der Waals surface area contributed by atoms with E-state index in [0.29, 0.717) is 6.54 Å². The van der Waals surface area contributed by atoms with Crippen LogP contribution in [0.3, 0.4) is 0 Å². The molecule has 0 spiro atoms. The number of nitrogens with one attached hydrogen (secondary N) is 1. The van der Waals surface area contributed by atoms with Crippen molar-refractivity contribution in [3.63, 3.8) is 0 Å². The second-order valence-electron chi connectivity index (χ2n) is 9.64. The van der Waals surface area contributed by atoms with Crippen molar-refractivity contribution in [3.05, 3.63) is 59.4 Å². The number of carbonyl (C=O) groups is 1. The van der Waals surface area contributed by atoms with E-state index in [2.05, 4.69) is 26.1 Å². The van der Waals surface area contributed by atoms with E-state index in [0.717, 1.165) is 52.3 Å². The number of aromatic nitrogens is 2. The fraction of sp³-hybridized carbons (Fsp3) is 0.400. The summed E-state index contributed by atoms with van der Waals surface area (Å²) in [6.07, 6.45) is 1.71. The fourth-order valence-electron chi connectivity index (χ4n) is 5.93. The molecule has 2 bridgehead atoms. The minimum atomic E-state index is -0.690. The second kappa shape index (κ2) is 5.96. The summed E-state index contributed by atoms with van der Waals surface area (Å²) in [5, 5.41) is 3.21. The van der Waals surface area contributed by atoms with Gasteiger partial charge in [-0.05, 0) is 48.1 Å². The Morgan fingerprint density at radius 3 is 2.45 bits per heavy atom. The average molecular weight is 415 g/mol. The van der Waals surface area contributed by atoms with Crippen molar-refractivity contribution in [1.82, 2.24) is 15.3 Å². The number of para-hydroxylation sites is 2. The number of carbonyl (C=O) groups excluding carboxylic acids is 1. The smallest absolute Gasteiger partial charge is 0.233 e. The molecule has 3 aromatic rings. The van der Waals surface area contributed by atoms with Gasteiger partial charge >= 0.3 is 0 Å². The van der Waals surface area contributed by atoms with Gasteiger partial charge in [-0.15, -0.1) is 0 Å². The van der Waals surface area contributed by atoms with E-state index in [4.69, 9.17) is 19.4 Å². The molecule has 31 heavy (non-hydrogen) atoms. The van der Waals surface area contributed by atoms with E-state index in [1.807, 2.05) is 42.5 Å². The summed E-state index contributed by atoms with van der Waals surface area (Å²) in [6, 6.07) is 13.7. The van der Waals surface area contributed by atoms with Gasteiger partial charge in [0.1, 0.15) is 0 Å². The molecule has 3 aliphatic rings. The number of hydrogen-bond acceptors (Lipinski definition) is 5. The van der Waals surface area contributed by atoms with Crippen molar-refractivity contribution in [2.75, 3.05) is 6.79 Å². The first-order chi connectivity index (χ1) is 14.9. The zero-order chi connectivity index (χ0) is 21.4. The van der Waals surface area contributed by atoms with Crippen molar-refractivity contribution in [3.8, 4) is 11.5 Å². The summed E-state index contributed by atoms with van der Waals surface area (Å²) < 4.78 is 10.9. The molecule has 1 amide bonds. The van der Waals surface area contributed by atoms with E-state index < -0.39 is 5.41 Å². The SMILES string of the molecule is CC1(C)[C@@]2(C)CC[C@@]1(C(=O)NCc1ccc3c(c1)OCO3)c1nc3ccccc3nc12. The second-order valence-corrected chi connectivity index (χ2v) is 9.64.